The Morgan fingerprint density at radius 1 is 1.37 bits per heavy atom. The molecule has 0 saturated carbocycles. The minimum Gasteiger partial charge on any atom is -0.375 e. The summed E-state index contributed by atoms with van der Waals surface area (Å²) in [6.45, 7) is 2.56. The van der Waals surface area contributed by atoms with E-state index in [-0.39, 0.29) is 0 Å². The van der Waals surface area contributed by atoms with Crippen LogP contribution in [0.4, 0.5) is 0 Å². The molecule has 1 saturated heterocycles. The highest BCUT2D eigenvalue weighted by Crippen LogP contribution is 2.16. The van der Waals surface area contributed by atoms with Crippen molar-refractivity contribution < 1.29 is 4.74 Å². The van der Waals surface area contributed by atoms with E-state index in [0.717, 1.165) is 23.7 Å². The van der Waals surface area contributed by atoms with Gasteiger partial charge in [0.15, 0.2) is 0 Å². The van der Waals surface area contributed by atoms with Crippen molar-refractivity contribution in [3.63, 3.8) is 0 Å². The number of rotatable bonds is 7. The molecule has 1 aliphatic heterocycles. The van der Waals surface area contributed by atoms with Gasteiger partial charge in [0, 0.05) is 25.0 Å². The Hall–Kier alpha value is -0.650. The molecule has 0 unspecified atom stereocenters. The fourth-order valence-electron chi connectivity index (χ4n) is 2.39. The van der Waals surface area contributed by atoms with E-state index in [1.807, 2.05) is 6.26 Å². The van der Waals surface area contributed by atoms with Gasteiger partial charge in [0.25, 0.3) is 0 Å². The molecular weight excluding hydrogens is 258 g/mol. The molecule has 1 atom stereocenters. The second-order valence-electron chi connectivity index (χ2n) is 4.85. The largest absolute Gasteiger partial charge is 0.375 e. The Balaban J connectivity index is 1.61. The van der Waals surface area contributed by atoms with Crippen molar-refractivity contribution in [2.45, 2.75) is 49.8 Å². The van der Waals surface area contributed by atoms with Gasteiger partial charge in [-0.2, -0.15) is 0 Å². The Kier molecular flexibility index (Phi) is 6.61. The summed E-state index contributed by atoms with van der Waals surface area (Å²) in [5.41, 5.74) is 0.950. The molecule has 1 aromatic rings. The first-order valence-electron chi connectivity index (χ1n) is 7.05. The van der Waals surface area contributed by atoms with Crippen molar-refractivity contribution in [2.24, 2.45) is 0 Å². The van der Waals surface area contributed by atoms with E-state index in [1.54, 1.807) is 24.2 Å². The van der Waals surface area contributed by atoms with Crippen molar-refractivity contribution in [3.8, 4) is 0 Å². The van der Waals surface area contributed by atoms with Crippen LogP contribution in [0.3, 0.4) is 0 Å². The second-order valence-corrected chi connectivity index (χ2v) is 5.65. The third-order valence-electron chi connectivity index (χ3n) is 3.42. The summed E-state index contributed by atoms with van der Waals surface area (Å²) in [6, 6.07) is 0.704. The standard InChI is InChI=1S/C14H23N3OS/c1-19-14-13(16-8-9-17-14)11-18-10-4-6-12-5-2-3-7-15-12/h8-9,12,15H,2-7,10-11H2,1H3/t12-/m0/s1. The molecule has 106 valence electrons. The van der Waals surface area contributed by atoms with Crippen LogP contribution in [-0.4, -0.2) is 35.4 Å². The van der Waals surface area contributed by atoms with Crippen LogP contribution in [0.2, 0.25) is 0 Å². The Labute approximate surface area is 119 Å². The fraction of sp³-hybridized carbons (Fsp3) is 0.714. The van der Waals surface area contributed by atoms with Gasteiger partial charge >= 0.3 is 0 Å². The van der Waals surface area contributed by atoms with Gasteiger partial charge in [-0.3, -0.25) is 4.98 Å². The Morgan fingerprint density at radius 3 is 3.05 bits per heavy atom. The van der Waals surface area contributed by atoms with E-state index in [2.05, 4.69) is 15.3 Å². The van der Waals surface area contributed by atoms with E-state index >= 15 is 0 Å². The molecule has 4 nitrogen and oxygen atoms in total. The first-order chi connectivity index (χ1) is 9.40. The molecule has 0 aromatic carbocycles. The van der Waals surface area contributed by atoms with Crippen LogP contribution in [-0.2, 0) is 11.3 Å². The summed E-state index contributed by atoms with van der Waals surface area (Å²) in [6.07, 6.45) is 11.8. The summed E-state index contributed by atoms with van der Waals surface area (Å²) in [4.78, 5) is 8.60. The normalized spacial score (nSPS) is 19.5. The van der Waals surface area contributed by atoms with E-state index in [4.69, 9.17) is 4.74 Å². The fourth-order valence-corrected chi connectivity index (χ4v) is 2.91. The average Bonchev–Trinajstić information content (AvgIpc) is 2.48. The summed E-state index contributed by atoms with van der Waals surface area (Å²) in [5, 5.41) is 4.53. The first-order valence-corrected chi connectivity index (χ1v) is 8.27. The third kappa shape index (κ3) is 5.09. The van der Waals surface area contributed by atoms with E-state index in [9.17, 15) is 0 Å². The zero-order valence-corrected chi connectivity index (χ0v) is 12.4. The van der Waals surface area contributed by atoms with Gasteiger partial charge in [-0.1, -0.05) is 6.42 Å². The van der Waals surface area contributed by atoms with Crippen LogP contribution in [0.5, 0.6) is 0 Å². The molecule has 0 amide bonds. The summed E-state index contributed by atoms with van der Waals surface area (Å²) < 4.78 is 5.71. The van der Waals surface area contributed by atoms with Crippen molar-refractivity contribution in [1.82, 2.24) is 15.3 Å². The molecule has 1 aliphatic rings. The van der Waals surface area contributed by atoms with Crippen LogP contribution in [0.15, 0.2) is 17.4 Å². The number of aromatic nitrogens is 2. The molecule has 1 N–H and O–H groups in total. The highest BCUT2D eigenvalue weighted by Gasteiger charge is 2.11. The molecule has 2 rings (SSSR count). The maximum absolute atomic E-state index is 5.71. The topological polar surface area (TPSA) is 47.0 Å². The lowest BCUT2D eigenvalue weighted by Crippen LogP contribution is -2.33. The van der Waals surface area contributed by atoms with Crippen molar-refractivity contribution in [1.29, 1.82) is 0 Å². The van der Waals surface area contributed by atoms with Gasteiger partial charge in [0.2, 0.25) is 0 Å². The number of hydrogen-bond donors (Lipinski definition) is 1. The minimum absolute atomic E-state index is 0.572. The minimum atomic E-state index is 0.572. The number of hydrogen-bond acceptors (Lipinski definition) is 5. The van der Waals surface area contributed by atoms with Crippen molar-refractivity contribution in [3.05, 3.63) is 18.1 Å². The number of piperidine rings is 1. The van der Waals surface area contributed by atoms with Gasteiger partial charge in [-0.25, -0.2) is 4.98 Å². The van der Waals surface area contributed by atoms with Crippen LogP contribution >= 0.6 is 11.8 Å². The highest BCUT2D eigenvalue weighted by atomic mass is 32.2. The Bertz CT molecular complexity index is 369. The van der Waals surface area contributed by atoms with Crippen molar-refractivity contribution >= 4 is 11.8 Å². The SMILES string of the molecule is CSc1nccnc1COCCC[C@@H]1CCCCN1. The van der Waals surface area contributed by atoms with E-state index in [0.29, 0.717) is 12.6 Å². The molecule has 0 aliphatic carbocycles. The molecular formula is C14H23N3OS. The Morgan fingerprint density at radius 2 is 2.26 bits per heavy atom. The smallest absolute Gasteiger partial charge is 0.120 e. The zero-order chi connectivity index (χ0) is 13.3. The number of nitrogens with one attached hydrogen (secondary N) is 1. The van der Waals surface area contributed by atoms with Gasteiger partial charge < -0.3 is 10.1 Å². The number of thioether (sulfide) groups is 1. The molecule has 0 bridgehead atoms. The summed E-state index contributed by atoms with van der Waals surface area (Å²) >= 11 is 1.62. The van der Waals surface area contributed by atoms with Crippen LogP contribution in [0.1, 0.15) is 37.8 Å². The molecule has 19 heavy (non-hydrogen) atoms. The zero-order valence-electron chi connectivity index (χ0n) is 11.6. The maximum Gasteiger partial charge on any atom is 0.120 e. The van der Waals surface area contributed by atoms with Gasteiger partial charge in [-0.15, -0.1) is 11.8 Å². The van der Waals surface area contributed by atoms with Gasteiger partial charge in [-0.05, 0) is 38.5 Å². The number of nitrogens with zero attached hydrogens (tertiary/aromatic N) is 2. The van der Waals surface area contributed by atoms with Crippen LogP contribution in [0, 0.1) is 0 Å². The summed E-state index contributed by atoms with van der Waals surface area (Å²) in [5.74, 6) is 0. The monoisotopic (exact) mass is 281 g/mol. The molecule has 1 fully saturated rings. The third-order valence-corrected chi connectivity index (χ3v) is 4.15. The summed E-state index contributed by atoms with van der Waals surface area (Å²) in [7, 11) is 0. The molecule has 0 spiro atoms. The van der Waals surface area contributed by atoms with E-state index < -0.39 is 0 Å². The predicted octanol–water partition coefficient (Wildman–Crippen LogP) is 2.64. The second kappa shape index (κ2) is 8.51. The maximum atomic E-state index is 5.71. The quantitative estimate of drug-likeness (QED) is 0.615. The molecule has 5 heteroatoms. The lowest BCUT2D eigenvalue weighted by atomic mass is 10.0. The van der Waals surface area contributed by atoms with E-state index in [1.165, 1.54) is 32.2 Å². The molecule has 1 aromatic heterocycles. The van der Waals surface area contributed by atoms with Crippen LogP contribution in [0.25, 0.3) is 0 Å². The molecule has 0 radical (unpaired) electrons. The lowest BCUT2D eigenvalue weighted by Gasteiger charge is -2.23. The van der Waals surface area contributed by atoms with Gasteiger partial charge in [0.1, 0.15) is 5.03 Å². The van der Waals surface area contributed by atoms with Crippen LogP contribution < -0.4 is 5.32 Å². The number of ether oxygens (including phenoxy) is 1. The lowest BCUT2D eigenvalue weighted by molar-refractivity contribution is 0.109. The predicted molar refractivity (Wildman–Crippen MR) is 78.3 cm³/mol. The molecule has 2 heterocycles. The van der Waals surface area contributed by atoms with Gasteiger partial charge in [0.05, 0.1) is 12.3 Å². The average molecular weight is 281 g/mol. The highest BCUT2D eigenvalue weighted by molar-refractivity contribution is 7.98. The first kappa shape index (κ1) is 14.8. The van der Waals surface area contributed by atoms with Crippen molar-refractivity contribution in [2.75, 3.05) is 19.4 Å².